The van der Waals surface area contributed by atoms with Crippen molar-refractivity contribution in [2.45, 2.75) is 42.0 Å². The molecule has 0 fully saturated rings. The van der Waals surface area contributed by atoms with E-state index in [2.05, 4.69) is 60.7 Å². The van der Waals surface area contributed by atoms with Gasteiger partial charge >= 0.3 is 0 Å². The number of azo groups is 1. The molecule has 0 aromatic rings. The first kappa shape index (κ1) is 51.5. The van der Waals surface area contributed by atoms with Gasteiger partial charge in [-0.15, -0.1) is 32.6 Å². The van der Waals surface area contributed by atoms with Crippen molar-refractivity contribution in [3.63, 3.8) is 0 Å². The second kappa shape index (κ2) is 63.0. The van der Waals surface area contributed by atoms with Gasteiger partial charge in [-0.3, -0.25) is 0 Å². The average Bonchev–Trinajstić information content (AvgIpc) is 2.70. The number of hydrogen-bond acceptors (Lipinski definition) is 6. The molecule has 179 valence electrons. The van der Waals surface area contributed by atoms with E-state index >= 15 is 0 Å². The van der Waals surface area contributed by atoms with Crippen LogP contribution >= 0.6 is 0 Å². The molecular formula is C20H45N8O2Y+. The van der Waals surface area contributed by atoms with Gasteiger partial charge in [-0.1, -0.05) is 7.43 Å². The van der Waals surface area contributed by atoms with Crippen molar-refractivity contribution in [1.82, 2.24) is 10.9 Å². The summed E-state index contributed by atoms with van der Waals surface area (Å²) in [6, 6.07) is 2.36. The minimum absolute atomic E-state index is 0. The van der Waals surface area contributed by atoms with Crippen molar-refractivity contribution in [3.05, 3.63) is 27.2 Å². The van der Waals surface area contributed by atoms with Gasteiger partial charge in [0.1, 0.15) is 9.74 Å². The largest absolute Gasteiger partial charge is 0.333 e. The van der Waals surface area contributed by atoms with E-state index in [4.69, 9.17) is 0 Å². The molecule has 0 heterocycles. The molecule has 11 heteroatoms. The molecule has 0 aliphatic rings. The fraction of sp³-hybridized carbons (Fsp3) is 0.700. The fourth-order valence-electron chi connectivity index (χ4n) is 0.350. The molecule has 0 rings (SSSR count). The molecule has 0 unspecified atom stereocenters. The maximum Gasteiger partial charge on any atom is 0.215 e. The van der Waals surface area contributed by atoms with E-state index in [1.54, 1.807) is 42.3 Å². The summed E-state index contributed by atoms with van der Waals surface area (Å²) in [4.78, 5) is 27.4. The SMILES string of the molecule is C.CC#CC.CN=C=NC.CN=NC.CN[N+](C)=O.CN[N+](C)=O.C[C-]=C=C(C)C.[Y]. The number of nitroso groups, excluding NO2 is 2. The van der Waals surface area contributed by atoms with Crippen molar-refractivity contribution in [2.24, 2.45) is 20.2 Å². The molecule has 0 spiro atoms. The molecule has 0 atom stereocenters. The molecule has 0 bridgehead atoms. The van der Waals surface area contributed by atoms with Crippen LogP contribution in [0.5, 0.6) is 0 Å². The van der Waals surface area contributed by atoms with Crippen LogP contribution in [0.1, 0.15) is 42.0 Å². The van der Waals surface area contributed by atoms with Crippen LogP contribution in [-0.2, 0) is 32.7 Å². The third-order valence-electron chi connectivity index (χ3n) is 1.65. The summed E-state index contributed by atoms with van der Waals surface area (Å²) in [5, 5.41) is 6.72. The predicted octanol–water partition coefficient (Wildman–Crippen LogP) is 3.77. The van der Waals surface area contributed by atoms with Crippen LogP contribution in [0, 0.1) is 27.7 Å². The zero-order valence-electron chi connectivity index (χ0n) is 21.1. The number of aliphatic imine (C=N–C) groups is 2. The summed E-state index contributed by atoms with van der Waals surface area (Å²) in [6.45, 7) is 9.47. The second-order valence-corrected chi connectivity index (χ2v) is 4.26. The molecule has 0 aromatic heterocycles. The van der Waals surface area contributed by atoms with Crippen molar-refractivity contribution in [2.75, 3.05) is 56.4 Å². The van der Waals surface area contributed by atoms with Gasteiger partial charge in [-0.25, -0.2) is 16.1 Å². The summed E-state index contributed by atoms with van der Waals surface area (Å²) < 4.78 is 0. The van der Waals surface area contributed by atoms with Gasteiger partial charge in [-0.05, 0) is 13.8 Å². The normalized spacial score (nSPS) is 5.97. The Bertz CT molecular complexity index is 533. The maximum atomic E-state index is 9.62. The van der Waals surface area contributed by atoms with Crippen LogP contribution in [0.25, 0.3) is 0 Å². The van der Waals surface area contributed by atoms with Gasteiger partial charge in [0.15, 0.2) is 0 Å². The number of hydrazine groups is 2. The standard InChI is InChI=1S/C6H9.C4H6.C3H6N2.2C2H7N2O.C2H6N2.CH4.Y/c1-4-5-6(2)3;1-3-4-2;1-4-3-5-2;2*1-3-4(2)5;1-3-4-2;;/h1-3H3;1-2H3;1-2H3;2*1-2H3,(H,3,5);1-2H3;1H4;/q-1;;;2*+1;;;. The molecule has 0 amide bonds. The van der Waals surface area contributed by atoms with E-state index in [-0.39, 0.29) is 40.1 Å². The van der Waals surface area contributed by atoms with Gasteiger partial charge < -0.3 is 5.73 Å². The summed E-state index contributed by atoms with van der Waals surface area (Å²) in [5.74, 6) is 5.36. The number of nitrogens with zero attached hydrogens (tertiary/aromatic N) is 6. The minimum atomic E-state index is 0. The van der Waals surface area contributed by atoms with Crippen LogP contribution in [0.2, 0.25) is 0 Å². The quantitative estimate of drug-likeness (QED) is 0.110. The van der Waals surface area contributed by atoms with E-state index < -0.39 is 0 Å². The zero-order valence-corrected chi connectivity index (χ0v) is 23.9. The average molecular weight is 519 g/mol. The summed E-state index contributed by atoms with van der Waals surface area (Å²) in [6.07, 6.45) is 2.78. The van der Waals surface area contributed by atoms with E-state index in [0.29, 0.717) is 9.74 Å². The predicted molar refractivity (Wildman–Crippen MR) is 129 cm³/mol. The van der Waals surface area contributed by atoms with Crippen LogP contribution in [0.4, 0.5) is 0 Å². The molecule has 31 heavy (non-hydrogen) atoms. The number of allylic oxidation sites excluding steroid dienone is 1. The Hall–Kier alpha value is -2.04. The molecule has 10 nitrogen and oxygen atoms in total. The van der Waals surface area contributed by atoms with E-state index in [1.807, 2.05) is 34.6 Å². The topological polar surface area (TPSA) is 114 Å². The third kappa shape index (κ3) is 235. The van der Waals surface area contributed by atoms with Crippen LogP contribution in [0.3, 0.4) is 0 Å². The monoisotopic (exact) mass is 518 g/mol. The first-order chi connectivity index (χ1) is 13.6. The summed E-state index contributed by atoms with van der Waals surface area (Å²) in [7, 11) is 12.4. The van der Waals surface area contributed by atoms with Crippen molar-refractivity contribution >= 4 is 6.01 Å². The molecule has 1 radical (unpaired) electrons. The molecule has 0 aliphatic heterocycles. The molecule has 2 N–H and O–H groups in total. The number of hydrogen-bond donors (Lipinski definition) is 2. The van der Waals surface area contributed by atoms with Crippen molar-refractivity contribution in [1.29, 1.82) is 0 Å². The molecule has 0 saturated carbocycles. The van der Waals surface area contributed by atoms with Crippen molar-refractivity contribution in [3.8, 4) is 11.8 Å². The summed E-state index contributed by atoms with van der Waals surface area (Å²) >= 11 is 0. The van der Waals surface area contributed by atoms with E-state index in [1.165, 1.54) is 19.7 Å². The number of nitrogens with one attached hydrogen (secondary N) is 2. The smallest absolute Gasteiger partial charge is 0.215 e. The first-order valence-corrected chi connectivity index (χ1v) is 8.39. The van der Waals surface area contributed by atoms with Gasteiger partial charge in [0.25, 0.3) is 0 Å². The Kier molecular flexibility index (Phi) is 105. The zero-order chi connectivity index (χ0) is 24.5. The number of rotatable bonds is 2. The Morgan fingerprint density at radius 3 is 1.10 bits per heavy atom. The summed E-state index contributed by atoms with van der Waals surface area (Å²) in [5.41, 5.74) is 8.66. The van der Waals surface area contributed by atoms with Gasteiger partial charge in [0.2, 0.25) is 14.1 Å². The van der Waals surface area contributed by atoms with Gasteiger partial charge in [0, 0.05) is 60.9 Å². The van der Waals surface area contributed by atoms with Gasteiger partial charge in [0.05, 0.1) is 29.9 Å². The molecule has 0 saturated heterocycles. The van der Waals surface area contributed by atoms with Crippen molar-refractivity contribution < 1.29 is 42.4 Å². The maximum absolute atomic E-state index is 9.62. The molecule has 0 aliphatic carbocycles. The Morgan fingerprint density at radius 1 is 0.839 bits per heavy atom. The second-order valence-electron chi connectivity index (χ2n) is 4.26. The molecular weight excluding hydrogens is 473 g/mol. The van der Waals surface area contributed by atoms with E-state index in [0.717, 1.165) is 0 Å². The minimum Gasteiger partial charge on any atom is -0.333 e. The first-order valence-electron chi connectivity index (χ1n) is 8.39. The fourth-order valence-corrected chi connectivity index (χ4v) is 0.350. The molecule has 0 aromatic carbocycles. The van der Waals surface area contributed by atoms with Crippen LogP contribution in [0.15, 0.2) is 31.5 Å². The third-order valence-corrected chi connectivity index (χ3v) is 1.65. The van der Waals surface area contributed by atoms with E-state index in [9.17, 15) is 9.81 Å². The van der Waals surface area contributed by atoms with Gasteiger partial charge in [-0.2, -0.15) is 26.7 Å². The van der Waals surface area contributed by atoms with Crippen LogP contribution < -0.4 is 10.9 Å². The Labute approximate surface area is 216 Å². The Balaban J connectivity index is -0.0000000339. The van der Waals surface area contributed by atoms with Crippen LogP contribution in [-0.4, -0.2) is 72.1 Å². The Morgan fingerprint density at radius 2 is 1.10 bits per heavy atom.